The third-order valence-electron chi connectivity index (χ3n) is 6.85. The maximum Gasteiger partial charge on any atom is 0.410 e. The number of likely N-dealkylation sites (tertiary alicyclic amines) is 1. The number of methoxy groups -OCH3 is 1. The first kappa shape index (κ1) is 33.3. The summed E-state index contributed by atoms with van der Waals surface area (Å²) >= 11 is 0. The van der Waals surface area contributed by atoms with Crippen LogP contribution in [0.2, 0.25) is 0 Å². The molecule has 3 amide bonds. The Morgan fingerprint density at radius 2 is 1.70 bits per heavy atom. The lowest BCUT2D eigenvalue weighted by Gasteiger charge is -2.27. The molecule has 1 aliphatic heterocycles. The first-order chi connectivity index (χ1) is 21.2. The van der Waals surface area contributed by atoms with Crippen molar-refractivity contribution >= 4 is 29.8 Å². The largest absolute Gasteiger partial charge is 0.467 e. The zero-order chi connectivity index (χ0) is 31.9. The van der Waals surface area contributed by atoms with Crippen LogP contribution in [0.5, 0.6) is 0 Å². The van der Waals surface area contributed by atoms with E-state index in [-0.39, 0.29) is 32.4 Å². The van der Waals surface area contributed by atoms with Crippen molar-refractivity contribution in [3.05, 3.63) is 81.9 Å². The van der Waals surface area contributed by atoms with Crippen LogP contribution in [0.25, 0.3) is 0 Å². The maximum atomic E-state index is 13.5. The number of hydrogen-bond acceptors (Lipinski definition) is 9. The van der Waals surface area contributed by atoms with Gasteiger partial charge in [0.05, 0.1) is 7.11 Å². The van der Waals surface area contributed by atoms with Gasteiger partial charge in [0, 0.05) is 19.5 Å². The summed E-state index contributed by atoms with van der Waals surface area (Å²) in [5.41, 5.74) is 8.69. The van der Waals surface area contributed by atoms with Crippen LogP contribution >= 0.6 is 0 Å². The van der Waals surface area contributed by atoms with Crippen LogP contribution in [0.4, 0.5) is 4.79 Å². The van der Waals surface area contributed by atoms with E-state index in [0.717, 1.165) is 11.1 Å². The minimum Gasteiger partial charge on any atom is -0.467 e. The summed E-state index contributed by atoms with van der Waals surface area (Å²) < 4.78 is 10.3. The lowest BCUT2D eigenvalue weighted by molar-refractivity contribution is -0.525. The molecule has 1 fully saturated rings. The SMILES string of the molecule is COC(=O)[C@H](CCCN=C(N)N[N+](=O)[O-])NC(=O)[C@H](Cc1ccccc1)NC(=O)[C@@H]1CCCN1C(=O)OCc1ccccc1. The lowest BCUT2D eigenvalue weighted by Crippen LogP contribution is -2.56. The van der Waals surface area contributed by atoms with E-state index in [0.29, 0.717) is 19.4 Å². The van der Waals surface area contributed by atoms with Crippen molar-refractivity contribution in [2.45, 2.75) is 56.8 Å². The number of guanidine groups is 1. The second-order valence-corrected chi connectivity index (χ2v) is 10.0. The van der Waals surface area contributed by atoms with Gasteiger partial charge in [0.15, 0.2) is 5.03 Å². The Morgan fingerprint density at radius 3 is 2.34 bits per heavy atom. The van der Waals surface area contributed by atoms with Crippen LogP contribution < -0.4 is 21.8 Å². The van der Waals surface area contributed by atoms with E-state index >= 15 is 0 Å². The molecule has 2 aromatic rings. The standard InChI is InChI=1S/C29H37N7O8/c1-43-27(39)22(14-8-16-31-28(30)34-36(41)42)32-25(37)23(18-20-10-4-2-5-11-20)33-26(38)24-15-9-17-35(24)29(40)44-19-21-12-6-3-7-13-21/h2-7,10-13,22-24H,8-9,14-19H2,1H3,(H,32,37)(H,33,38)(H3,30,31,34)/t22-,23-,24-/m0/s1. The summed E-state index contributed by atoms with van der Waals surface area (Å²) in [6.45, 7) is 0.427. The third kappa shape index (κ3) is 10.6. The number of hydrogen-bond donors (Lipinski definition) is 4. The molecule has 0 spiro atoms. The molecule has 0 bridgehead atoms. The number of amides is 3. The van der Waals surface area contributed by atoms with Crippen molar-refractivity contribution in [2.75, 3.05) is 20.2 Å². The highest BCUT2D eigenvalue weighted by Crippen LogP contribution is 2.20. The van der Waals surface area contributed by atoms with Crippen molar-refractivity contribution < 1.29 is 33.7 Å². The number of aliphatic imine (C=N–C) groups is 1. The van der Waals surface area contributed by atoms with Gasteiger partial charge in [0.1, 0.15) is 24.7 Å². The predicted molar refractivity (Wildman–Crippen MR) is 158 cm³/mol. The molecule has 0 saturated carbocycles. The van der Waals surface area contributed by atoms with E-state index in [2.05, 4.69) is 15.6 Å². The number of nitro groups is 1. The van der Waals surface area contributed by atoms with Gasteiger partial charge in [0.2, 0.25) is 11.8 Å². The number of benzene rings is 2. The minimum atomic E-state index is -1.09. The Kier molecular flexibility index (Phi) is 12.9. The van der Waals surface area contributed by atoms with E-state index < -0.39 is 53.0 Å². The first-order valence-corrected chi connectivity index (χ1v) is 14.1. The average Bonchev–Trinajstić information content (AvgIpc) is 3.52. The second-order valence-electron chi connectivity index (χ2n) is 10.0. The molecular weight excluding hydrogens is 574 g/mol. The van der Waals surface area contributed by atoms with Crippen LogP contribution in [-0.2, 0) is 36.9 Å². The van der Waals surface area contributed by atoms with Crippen molar-refractivity contribution in [2.24, 2.45) is 10.7 Å². The molecule has 15 nitrogen and oxygen atoms in total. The Balaban J connectivity index is 1.67. The van der Waals surface area contributed by atoms with Crippen molar-refractivity contribution in [1.29, 1.82) is 0 Å². The summed E-state index contributed by atoms with van der Waals surface area (Å²) in [6.07, 6.45) is 0.790. The lowest BCUT2D eigenvalue weighted by atomic mass is 10.0. The first-order valence-electron chi connectivity index (χ1n) is 14.1. The van der Waals surface area contributed by atoms with Crippen molar-refractivity contribution in [3.63, 3.8) is 0 Å². The maximum absolute atomic E-state index is 13.5. The van der Waals surface area contributed by atoms with Gasteiger partial charge in [-0.2, -0.15) is 0 Å². The molecule has 0 aliphatic carbocycles. The normalized spacial score (nSPS) is 15.9. The van der Waals surface area contributed by atoms with Gasteiger partial charge in [-0.1, -0.05) is 66.1 Å². The van der Waals surface area contributed by atoms with Crippen molar-refractivity contribution in [3.8, 4) is 0 Å². The number of nitrogens with zero attached hydrogens (tertiary/aromatic N) is 3. The Hall–Kier alpha value is -5.21. The van der Waals surface area contributed by atoms with Crippen LogP contribution in [-0.4, -0.2) is 78.1 Å². The minimum absolute atomic E-state index is 0.0398. The van der Waals surface area contributed by atoms with Gasteiger partial charge in [-0.15, -0.1) is 0 Å². The molecule has 1 aliphatic rings. The van der Waals surface area contributed by atoms with Crippen LogP contribution in [0.3, 0.4) is 0 Å². The van der Waals surface area contributed by atoms with E-state index in [9.17, 15) is 29.3 Å². The number of carbonyl (C=O) groups excluding carboxylic acids is 4. The van der Waals surface area contributed by atoms with Gasteiger partial charge in [-0.05, 0) is 36.8 Å². The van der Waals surface area contributed by atoms with Gasteiger partial charge < -0.3 is 25.8 Å². The average molecular weight is 612 g/mol. The number of nitrogens with one attached hydrogen (secondary N) is 3. The Bertz CT molecular complexity index is 1310. The highest BCUT2D eigenvalue weighted by Gasteiger charge is 2.37. The Morgan fingerprint density at radius 1 is 1.05 bits per heavy atom. The molecule has 3 rings (SSSR count). The zero-order valence-corrected chi connectivity index (χ0v) is 24.3. The Labute approximate surface area is 254 Å². The molecule has 236 valence electrons. The molecular formula is C29H37N7O8. The topological polar surface area (TPSA) is 208 Å². The predicted octanol–water partition coefficient (Wildman–Crippen LogP) is 1.05. The fourth-order valence-electron chi connectivity index (χ4n) is 4.67. The monoisotopic (exact) mass is 611 g/mol. The molecule has 1 heterocycles. The van der Waals surface area contributed by atoms with Crippen LogP contribution in [0.15, 0.2) is 65.7 Å². The van der Waals surface area contributed by atoms with Gasteiger partial charge in [-0.25, -0.2) is 24.7 Å². The number of rotatable bonds is 14. The van der Waals surface area contributed by atoms with Crippen molar-refractivity contribution in [1.82, 2.24) is 21.0 Å². The third-order valence-corrected chi connectivity index (χ3v) is 6.85. The van der Waals surface area contributed by atoms with E-state index in [4.69, 9.17) is 15.2 Å². The van der Waals surface area contributed by atoms with Crippen LogP contribution in [0.1, 0.15) is 36.8 Å². The van der Waals surface area contributed by atoms with Crippen LogP contribution in [0, 0.1) is 10.1 Å². The summed E-state index contributed by atoms with van der Waals surface area (Å²) in [6, 6.07) is 15.2. The molecule has 5 N–H and O–H groups in total. The number of hydrazine groups is 1. The fourth-order valence-corrected chi connectivity index (χ4v) is 4.67. The van der Waals surface area contributed by atoms with E-state index in [1.54, 1.807) is 29.7 Å². The molecule has 15 heteroatoms. The number of nitrogens with two attached hydrogens (primary N) is 1. The number of carbonyl (C=O) groups is 4. The molecule has 1 saturated heterocycles. The highest BCUT2D eigenvalue weighted by molar-refractivity contribution is 5.93. The summed E-state index contributed by atoms with van der Waals surface area (Å²) in [5, 5.41) is 15.0. The van der Waals surface area contributed by atoms with Gasteiger partial charge in [-0.3, -0.25) is 14.5 Å². The molecule has 2 aromatic carbocycles. The summed E-state index contributed by atoms with van der Waals surface area (Å²) in [7, 11) is 1.17. The second kappa shape index (κ2) is 17.0. The molecule has 0 aromatic heterocycles. The molecule has 3 atom stereocenters. The highest BCUT2D eigenvalue weighted by atomic mass is 16.7. The van der Waals surface area contributed by atoms with Gasteiger partial charge >= 0.3 is 12.1 Å². The van der Waals surface area contributed by atoms with E-state index in [1.807, 2.05) is 36.4 Å². The molecule has 0 radical (unpaired) electrons. The summed E-state index contributed by atoms with van der Waals surface area (Å²) in [5.74, 6) is -2.27. The number of esters is 1. The van der Waals surface area contributed by atoms with Gasteiger partial charge in [0.25, 0.3) is 5.96 Å². The number of ether oxygens (including phenoxy) is 2. The van der Waals surface area contributed by atoms with E-state index in [1.165, 1.54) is 12.0 Å². The molecule has 44 heavy (non-hydrogen) atoms. The smallest absolute Gasteiger partial charge is 0.410 e. The summed E-state index contributed by atoms with van der Waals surface area (Å²) in [4.78, 5) is 67.9. The fraction of sp³-hybridized carbons (Fsp3) is 0.414. The molecule has 0 unspecified atom stereocenters. The zero-order valence-electron chi connectivity index (χ0n) is 24.3. The quantitative estimate of drug-likeness (QED) is 0.0596.